The van der Waals surface area contributed by atoms with Gasteiger partial charge in [0.2, 0.25) is 5.91 Å². The number of hydrogen-bond donors (Lipinski definition) is 0. The number of hydrazone groups is 1. The number of carbonyl (C=O) groups is 1. The quantitative estimate of drug-likeness (QED) is 0.663. The van der Waals surface area contributed by atoms with Crippen LogP contribution in [0.1, 0.15) is 23.1 Å². The molecule has 0 saturated carbocycles. The Kier molecular flexibility index (Phi) is 2.30. The molecule has 0 N–H and O–H groups in total. The first-order valence-electron chi connectivity index (χ1n) is 6.78. The highest BCUT2D eigenvalue weighted by Crippen LogP contribution is 2.37. The summed E-state index contributed by atoms with van der Waals surface area (Å²) in [7, 11) is 1.71. The van der Waals surface area contributed by atoms with Crippen molar-refractivity contribution in [3.63, 3.8) is 0 Å². The maximum absolute atomic E-state index is 11.6. The van der Waals surface area contributed by atoms with E-state index >= 15 is 0 Å². The van der Waals surface area contributed by atoms with Crippen LogP contribution in [0.5, 0.6) is 0 Å². The van der Waals surface area contributed by atoms with Crippen LogP contribution in [0.2, 0.25) is 0 Å². The average Bonchev–Trinajstić information content (AvgIpc) is 2.99. The third kappa shape index (κ3) is 1.59. The van der Waals surface area contributed by atoms with E-state index in [-0.39, 0.29) is 5.91 Å². The van der Waals surface area contributed by atoms with Gasteiger partial charge in [-0.25, -0.2) is 5.01 Å². The molecule has 0 radical (unpaired) electrons. The van der Waals surface area contributed by atoms with E-state index in [9.17, 15) is 4.79 Å². The van der Waals surface area contributed by atoms with Crippen molar-refractivity contribution in [2.75, 3.05) is 7.05 Å². The molecule has 0 unspecified atom stereocenters. The molecule has 3 heteroatoms. The van der Waals surface area contributed by atoms with Crippen LogP contribution in [-0.4, -0.2) is 23.7 Å². The van der Waals surface area contributed by atoms with Gasteiger partial charge in [-0.05, 0) is 40.3 Å². The Morgan fingerprint density at radius 1 is 1.00 bits per heavy atom. The normalized spacial score (nSPS) is 16.1. The summed E-state index contributed by atoms with van der Waals surface area (Å²) in [6.07, 6.45) is 1.37. The van der Waals surface area contributed by atoms with Gasteiger partial charge in [-0.2, -0.15) is 5.10 Å². The third-order valence-corrected chi connectivity index (χ3v) is 4.08. The van der Waals surface area contributed by atoms with Gasteiger partial charge >= 0.3 is 0 Å². The van der Waals surface area contributed by atoms with Gasteiger partial charge in [0.1, 0.15) is 0 Å². The topological polar surface area (TPSA) is 32.7 Å². The van der Waals surface area contributed by atoms with Crippen LogP contribution in [0, 0.1) is 0 Å². The molecule has 0 fully saturated rings. The minimum absolute atomic E-state index is 0.0591. The van der Waals surface area contributed by atoms with Gasteiger partial charge in [-0.1, -0.05) is 36.4 Å². The zero-order chi connectivity index (χ0) is 13.7. The molecular formula is C17H14N2O. The summed E-state index contributed by atoms with van der Waals surface area (Å²) < 4.78 is 0. The van der Waals surface area contributed by atoms with Crippen LogP contribution in [0.3, 0.4) is 0 Å². The van der Waals surface area contributed by atoms with E-state index in [0.29, 0.717) is 6.42 Å². The molecule has 2 aliphatic rings. The molecule has 20 heavy (non-hydrogen) atoms. The molecule has 0 saturated heterocycles. The van der Waals surface area contributed by atoms with Crippen molar-refractivity contribution < 1.29 is 4.79 Å². The number of fused-ring (bicyclic) bond motifs is 3. The fourth-order valence-electron chi connectivity index (χ4n) is 3.01. The van der Waals surface area contributed by atoms with Crippen molar-refractivity contribution in [3.05, 3.63) is 59.2 Å². The predicted molar refractivity (Wildman–Crippen MR) is 78.6 cm³/mol. The Morgan fingerprint density at radius 3 is 2.60 bits per heavy atom. The fourth-order valence-corrected chi connectivity index (χ4v) is 3.01. The largest absolute Gasteiger partial charge is 0.273 e. The highest BCUT2D eigenvalue weighted by atomic mass is 16.2. The molecule has 4 rings (SSSR count). The average molecular weight is 262 g/mol. The van der Waals surface area contributed by atoms with Crippen molar-refractivity contribution in [3.8, 4) is 11.1 Å². The molecule has 0 aromatic heterocycles. The lowest BCUT2D eigenvalue weighted by molar-refractivity contribution is -0.127. The number of nitrogens with zero attached hydrogens (tertiary/aromatic N) is 2. The second-order valence-corrected chi connectivity index (χ2v) is 5.35. The highest BCUT2D eigenvalue weighted by molar-refractivity contribution is 6.13. The van der Waals surface area contributed by atoms with E-state index in [1.807, 2.05) is 0 Å². The third-order valence-electron chi connectivity index (χ3n) is 4.08. The second-order valence-electron chi connectivity index (χ2n) is 5.35. The molecule has 3 nitrogen and oxygen atoms in total. The number of carbonyl (C=O) groups excluding carboxylic acids is 1. The van der Waals surface area contributed by atoms with Gasteiger partial charge in [0.05, 0.1) is 12.1 Å². The summed E-state index contributed by atoms with van der Waals surface area (Å²) in [6, 6.07) is 14.9. The van der Waals surface area contributed by atoms with Gasteiger partial charge < -0.3 is 0 Å². The molecule has 98 valence electrons. The van der Waals surface area contributed by atoms with Crippen LogP contribution < -0.4 is 0 Å². The molecule has 0 spiro atoms. The molecule has 1 amide bonds. The van der Waals surface area contributed by atoms with Gasteiger partial charge in [-0.3, -0.25) is 4.79 Å². The number of benzene rings is 2. The lowest BCUT2D eigenvalue weighted by atomic mass is 10.0. The minimum Gasteiger partial charge on any atom is -0.273 e. The standard InChI is InChI=1S/C17H14N2O/c1-19-17(20)10-16(18-19)12-6-7-15-13(9-12)8-11-4-2-3-5-14(11)15/h2-7,9H,8,10H2,1H3. The molecule has 1 aliphatic carbocycles. The number of amides is 1. The SMILES string of the molecule is CN1N=C(c2ccc3c(c2)Cc2ccccc2-3)CC1=O. The first-order valence-corrected chi connectivity index (χ1v) is 6.78. The first-order chi connectivity index (χ1) is 9.72. The van der Waals surface area contributed by atoms with E-state index < -0.39 is 0 Å². The minimum atomic E-state index is 0.0591. The molecule has 2 aromatic carbocycles. The van der Waals surface area contributed by atoms with Crippen molar-refractivity contribution >= 4 is 11.6 Å². The van der Waals surface area contributed by atoms with Crippen molar-refractivity contribution in [2.24, 2.45) is 5.10 Å². The van der Waals surface area contributed by atoms with Crippen molar-refractivity contribution in [1.82, 2.24) is 5.01 Å². The highest BCUT2D eigenvalue weighted by Gasteiger charge is 2.24. The predicted octanol–water partition coefficient (Wildman–Crippen LogP) is 2.82. The Morgan fingerprint density at radius 2 is 1.80 bits per heavy atom. The molecule has 0 atom stereocenters. The summed E-state index contributed by atoms with van der Waals surface area (Å²) in [5, 5.41) is 5.74. The van der Waals surface area contributed by atoms with Crippen molar-refractivity contribution in [2.45, 2.75) is 12.8 Å². The maximum Gasteiger partial charge on any atom is 0.248 e. The molecule has 1 aliphatic heterocycles. The van der Waals surface area contributed by atoms with E-state index in [1.165, 1.54) is 27.3 Å². The Hall–Kier alpha value is -2.42. The van der Waals surface area contributed by atoms with Crippen LogP contribution in [0.15, 0.2) is 47.6 Å². The van der Waals surface area contributed by atoms with Gasteiger partial charge in [0.25, 0.3) is 0 Å². The summed E-state index contributed by atoms with van der Waals surface area (Å²) in [6.45, 7) is 0. The lowest BCUT2D eigenvalue weighted by Gasteiger charge is -2.04. The van der Waals surface area contributed by atoms with E-state index in [0.717, 1.165) is 17.7 Å². The van der Waals surface area contributed by atoms with Crippen LogP contribution in [0.25, 0.3) is 11.1 Å². The Labute approximate surface area is 117 Å². The Balaban J connectivity index is 1.76. The maximum atomic E-state index is 11.6. The fraction of sp³-hybridized carbons (Fsp3) is 0.176. The first kappa shape index (κ1) is 11.4. The molecule has 0 bridgehead atoms. The van der Waals surface area contributed by atoms with Gasteiger partial charge in [0.15, 0.2) is 0 Å². The monoisotopic (exact) mass is 262 g/mol. The molecular weight excluding hydrogens is 248 g/mol. The summed E-state index contributed by atoms with van der Waals surface area (Å²) in [5.74, 6) is 0.0591. The Bertz CT molecular complexity index is 761. The van der Waals surface area contributed by atoms with E-state index in [2.05, 4.69) is 47.6 Å². The van der Waals surface area contributed by atoms with E-state index in [4.69, 9.17) is 0 Å². The smallest absolute Gasteiger partial charge is 0.248 e. The van der Waals surface area contributed by atoms with E-state index in [1.54, 1.807) is 7.05 Å². The summed E-state index contributed by atoms with van der Waals surface area (Å²) >= 11 is 0. The number of hydrogen-bond acceptors (Lipinski definition) is 2. The van der Waals surface area contributed by atoms with Gasteiger partial charge in [-0.15, -0.1) is 0 Å². The number of rotatable bonds is 1. The second kappa shape index (κ2) is 4.04. The molecule has 1 heterocycles. The van der Waals surface area contributed by atoms with Crippen LogP contribution >= 0.6 is 0 Å². The zero-order valence-corrected chi connectivity index (χ0v) is 11.3. The van der Waals surface area contributed by atoms with Crippen LogP contribution in [-0.2, 0) is 11.2 Å². The zero-order valence-electron chi connectivity index (χ0n) is 11.3. The van der Waals surface area contributed by atoms with Gasteiger partial charge in [0, 0.05) is 7.05 Å². The summed E-state index contributed by atoms with van der Waals surface area (Å²) in [4.78, 5) is 11.6. The lowest BCUT2D eigenvalue weighted by Crippen LogP contribution is -2.14. The summed E-state index contributed by atoms with van der Waals surface area (Å²) in [5.41, 5.74) is 7.28. The van der Waals surface area contributed by atoms with Crippen molar-refractivity contribution in [1.29, 1.82) is 0 Å². The molecule has 2 aromatic rings. The van der Waals surface area contributed by atoms with Crippen LogP contribution in [0.4, 0.5) is 0 Å².